The lowest BCUT2D eigenvalue weighted by Crippen LogP contribution is -2.15. The van der Waals surface area contributed by atoms with E-state index in [2.05, 4.69) is 0 Å². The van der Waals surface area contributed by atoms with E-state index >= 15 is 0 Å². The van der Waals surface area contributed by atoms with Gasteiger partial charge in [0, 0.05) is 11.1 Å². The highest BCUT2D eigenvalue weighted by atomic mass is 35.5. The molecule has 0 amide bonds. The van der Waals surface area contributed by atoms with Gasteiger partial charge >= 0.3 is 5.97 Å². The highest BCUT2D eigenvalue weighted by Crippen LogP contribution is 2.31. The number of rotatable bonds is 4. The van der Waals surface area contributed by atoms with Gasteiger partial charge in [-0.3, -0.25) is 0 Å². The van der Waals surface area contributed by atoms with Gasteiger partial charge in [-0.15, -0.1) is 0 Å². The van der Waals surface area contributed by atoms with Crippen LogP contribution in [0.25, 0.3) is 6.08 Å². The van der Waals surface area contributed by atoms with Crippen LogP contribution in [0.5, 0.6) is 11.5 Å². The zero-order chi connectivity index (χ0) is 16.1. The predicted molar refractivity (Wildman–Crippen MR) is 87.7 cm³/mol. The lowest BCUT2D eigenvalue weighted by molar-refractivity contribution is -0.138. The predicted octanol–water partition coefficient (Wildman–Crippen LogP) is 3.87. The largest absolute Gasteiger partial charge is 0.486 e. The first kappa shape index (κ1) is 15.4. The number of esters is 1. The molecular weight excluding hydrogens is 316 g/mol. The number of halogens is 1. The van der Waals surface area contributed by atoms with Crippen LogP contribution < -0.4 is 9.47 Å². The normalized spacial score (nSPS) is 13.1. The molecule has 4 nitrogen and oxygen atoms in total. The second-order valence-corrected chi connectivity index (χ2v) is 5.41. The molecule has 1 aliphatic rings. The lowest BCUT2D eigenvalue weighted by atomic mass is 10.2. The zero-order valence-corrected chi connectivity index (χ0v) is 13.1. The van der Waals surface area contributed by atoms with Crippen LogP contribution in [0.2, 0.25) is 5.02 Å². The van der Waals surface area contributed by atoms with Gasteiger partial charge in [-0.25, -0.2) is 4.79 Å². The fourth-order valence-corrected chi connectivity index (χ4v) is 2.24. The average molecular weight is 331 g/mol. The van der Waals surface area contributed by atoms with Crippen LogP contribution in [0.15, 0.2) is 48.5 Å². The molecule has 0 N–H and O–H groups in total. The summed E-state index contributed by atoms with van der Waals surface area (Å²) in [6.07, 6.45) is 3.07. The molecule has 0 fully saturated rings. The van der Waals surface area contributed by atoms with E-state index in [1.165, 1.54) is 6.08 Å². The number of fused-ring (bicyclic) bond motifs is 1. The Bertz CT molecular complexity index is 722. The van der Waals surface area contributed by atoms with Crippen LogP contribution in [0.3, 0.4) is 0 Å². The van der Waals surface area contributed by atoms with Gasteiger partial charge < -0.3 is 14.2 Å². The molecule has 0 saturated carbocycles. The Morgan fingerprint density at radius 2 is 1.83 bits per heavy atom. The molecule has 0 unspecified atom stereocenters. The summed E-state index contributed by atoms with van der Waals surface area (Å²) in [7, 11) is 0. The minimum atomic E-state index is -0.408. The number of carbonyl (C=O) groups excluding carboxylic acids is 1. The van der Waals surface area contributed by atoms with Gasteiger partial charge in [-0.2, -0.15) is 0 Å². The maximum Gasteiger partial charge on any atom is 0.331 e. The summed E-state index contributed by atoms with van der Waals surface area (Å²) in [5, 5.41) is 0.651. The van der Waals surface area contributed by atoms with E-state index in [0.717, 1.165) is 16.9 Å². The van der Waals surface area contributed by atoms with E-state index < -0.39 is 5.97 Å². The highest BCUT2D eigenvalue weighted by molar-refractivity contribution is 6.30. The van der Waals surface area contributed by atoms with Crippen molar-refractivity contribution in [1.82, 2.24) is 0 Å². The van der Waals surface area contributed by atoms with Gasteiger partial charge in [0.15, 0.2) is 11.5 Å². The van der Waals surface area contributed by atoms with Gasteiger partial charge in [0.2, 0.25) is 0 Å². The van der Waals surface area contributed by atoms with Crippen molar-refractivity contribution in [1.29, 1.82) is 0 Å². The molecular formula is C18H15ClO4. The molecule has 1 heterocycles. The van der Waals surface area contributed by atoms with Crippen molar-refractivity contribution in [2.75, 3.05) is 13.2 Å². The second-order valence-electron chi connectivity index (χ2n) is 4.97. The third-order valence-corrected chi connectivity index (χ3v) is 3.52. The van der Waals surface area contributed by atoms with E-state index in [4.69, 9.17) is 25.8 Å². The average Bonchev–Trinajstić information content (AvgIpc) is 2.59. The molecule has 1 aliphatic heterocycles. The molecule has 0 bridgehead atoms. The van der Waals surface area contributed by atoms with Gasteiger partial charge in [0.25, 0.3) is 0 Å². The SMILES string of the molecule is O=C(C=Cc1ccc2c(c1)OCCO2)OCc1ccc(Cl)cc1. The Kier molecular flexibility index (Phi) is 4.83. The number of hydrogen-bond acceptors (Lipinski definition) is 4. The third-order valence-electron chi connectivity index (χ3n) is 3.27. The van der Waals surface area contributed by atoms with Gasteiger partial charge in [0.05, 0.1) is 0 Å². The summed E-state index contributed by atoms with van der Waals surface area (Å²) in [4.78, 5) is 11.8. The molecule has 2 aromatic rings. The Morgan fingerprint density at radius 1 is 1.09 bits per heavy atom. The Hall–Kier alpha value is -2.46. The van der Waals surface area contributed by atoms with E-state index in [0.29, 0.717) is 24.0 Å². The fraction of sp³-hybridized carbons (Fsp3) is 0.167. The molecule has 2 aromatic carbocycles. The molecule has 23 heavy (non-hydrogen) atoms. The van der Waals surface area contributed by atoms with Crippen molar-refractivity contribution in [2.45, 2.75) is 6.61 Å². The monoisotopic (exact) mass is 330 g/mol. The van der Waals surface area contributed by atoms with Gasteiger partial charge in [0.1, 0.15) is 19.8 Å². The van der Waals surface area contributed by atoms with Crippen LogP contribution >= 0.6 is 11.6 Å². The molecule has 0 saturated heterocycles. The van der Waals surface area contributed by atoms with Crippen molar-refractivity contribution >= 4 is 23.6 Å². The van der Waals surface area contributed by atoms with E-state index in [1.54, 1.807) is 18.2 Å². The van der Waals surface area contributed by atoms with Crippen LogP contribution in [-0.4, -0.2) is 19.2 Å². The fourth-order valence-electron chi connectivity index (χ4n) is 2.11. The first-order valence-electron chi connectivity index (χ1n) is 7.20. The van der Waals surface area contributed by atoms with Crippen molar-refractivity contribution in [3.05, 3.63) is 64.7 Å². The van der Waals surface area contributed by atoms with Gasteiger partial charge in [-0.05, 0) is 41.5 Å². The Labute approximate surface area is 139 Å². The molecule has 3 rings (SSSR count). The van der Waals surface area contributed by atoms with Crippen LogP contribution in [0.1, 0.15) is 11.1 Å². The maximum atomic E-state index is 11.8. The third kappa shape index (κ3) is 4.27. The van der Waals surface area contributed by atoms with Crippen molar-refractivity contribution < 1.29 is 19.0 Å². The minimum Gasteiger partial charge on any atom is -0.486 e. The van der Waals surface area contributed by atoms with Crippen LogP contribution in [-0.2, 0) is 16.1 Å². The molecule has 118 valence electrons. The van der Waals surface area contributed by atoms with Gasteiger partial charge in [-0.1, -0.05) is 29.8 Å². The summed E-state index contributed by atoms with van der Waals surface area (Å²) in [6.45, 7) is 1.30. The Morgan fingerprint density at radius 3 is 2.61 bits per heavy atom. The van der Waals surface area contributed by atoms with E-state index in [1.807, 2.05) is 30.3 Å². The molecule has 0 radical (unpaired) electrons. The molecule has 5 heteroatoms. The van der Waals surface area contributed by atoms with Crippen molar-refractivity contribution in [2.24, 2.45) is 0 Å². The first-order chi connectivity index (χ1) is 11.2. The smallest absolute Gasteiger partial charge is 0.331 e. The number of carbonyl (C=O) groups is 1. The standard InChI is InChI=1S/C18H15ClO4/c19-15-5-1-14(2-6-15)12-23-18(20)8-4-13-3-7-16-17(11-13)22-10-9-21-16/h1-8,11H,9-10,12H2. The number of benzene rings is 2. The van der Waals surface area contributed by atoms with Crippen molar-refractivity contribution in [3.8, 4) is 11.5 Å². The maximum absolute atomic E-state index is 11.8. The van der Waals surface area contributed by atoms with E-state index in [-0.39, 0.29) is 6.61 Å². The lowest BCUT2D eigenvalue weighted by Gasteiger charge is -2.18. The Balaban J connectivity index is 1.56. The summed E-state index contributed by atoms with van der Waals surface area (Å²) >= 11 is 5.80. The topological polar surface area (TPSA) is 44.8 Å². The number of ether oxygens (including phenoxy) is 3. The highest BCUT2D eigenvalue weighted by Gasteiger charge is 2.10. The van der Waals surface area contributed by atoms with Crippen molar-refractivity contribution in [3.63, 3.8) is 0 Å². The summed E-state index contributed by atoms with van der Waals surface area (Å²) < 4.78 is 16.1. The summed E-state index contributed by atoms with van der Waals surface area (Å²) in [5.41, 5.74) is 1.73. The van der Waals surface area contributed by atoms with E-state index in [9.17, 15) is 4.79 Å². The molecule has 0 spiro atoms. The van der Waals surface area contributed by atoms with Crippen LogP contribution in [0, 0.1) is 0 Å². The first-order valence-corrected chi connectivity index (χ1v) is 7.57. The minimum absolute atomic E-state index is 0.210. The molecule has 0 aromatic heterocycles. The second kappa shape index (κ2) is 7.20. The number of hydrogen-bond donors (Lipinski definition) is 0. The molecule has 0 atom stereocenters. The van der Waals surface area contributed by atoms with Crippen LogP contribution in [0.4, 0.5) is 0 Å². The summed E-state index contributed by atoms with van der Waals surface area (Å²) in [6, 6.07) is 12.7. The quantitative estimate of drug-likeness (QED) is 0.630. The molecule has 0 aliphatic carbocycles. The zero-order valence-electron chi connectivity index (χ0n) is 12.3. The summed E-state index contributed by atoms with van der Waals surface area (Å²) in [5.74, 6) is 1.00.